The van der Waals surface area contributed by atoms with Gasteiger partial charge in [0.25, 0.3) is 0 Å². The second-order valence-corrected chi connectivity index (χ2v) is 6.03. The maximum absolute atomic E-state index is 12.9. The molecule has 0 radical (unpaired) electrons. The van der Waals surface area contributed by atoms with E-state index in [0.717, 1.165) is 24.2 Å². The van der Waals surface area contributed by atoms with Crippen LogP contribution in [0.25, 0.3) is 0 Å². The van der Waals surface area contributed by atoms with Gasteiger partial charge < -0.3 is 19.7 Å². The summed E-state index contributed by atoms with van der Waals surface area (Å²) in [5.74, 6) is 1.37. The van der Waals surface area contributed by atoms with E-state index < -0.39 is 0 Å². The summed E-state index contributed by atoms with van der Waals surface area (Å²) in [6.45, 7) is 0.874. The molecule has 0 aromatic heterocycles. The Kier molecular flexibility index (Phi) is 3.90. The zero-order valence-electron chi connectivity index (χ0n) is 13.6. The molecule has 0 spiro atoms. The molecule has 126 valence electrons. The minimum atomic E-state index is -0.319. The first kappa shape index (κ1) is 15.3. The highest BCUT2D eigenvalue weighted by Crippen LogP contribution is 2.39. The Labute approximate surface area is 145 Å². The predicted molar refractivity (Wildman–Crippen MR) is 92.7 cm³/mol. The van der Waals surface area contributed by atoms with Crippen molar-refractivity contribution in [1.29, 1.82) is 5.26 Å². The van der Waals surface area contributed by atoms with Gasteiger partial charge in [-0.05, 0) is 49.2 Å². The number of nitriles is 1. The van der Waals surface area contributed by atoms with E-state index in [4.69, 9.17) is 14.7 Å². The topological polar surface area (TPSA) is 74.6 Å². The van der Waals surface area contributed by atoms with Crippen LogP contribution in [-0.4, -0.2) is 25.3 Å². The Morgan fingerprint density at radius 2 is 2.00 bits per heavy atom. The predicted octanol–water partition coefficient (Wildman–Crippen LogP) is 2.89. The van der Waals surface area contributed by atoms with Crippen LogP contribution in [0, 0.1) is 11.3 Å². The third-order valence-electron chi connectivity index (χ3n) is 4.47. The van der Waals surface area contributed by atoms with E-state index >= 15 is 0 Å². The quantitative estimate of drug-likeness (QED) is 0.933. The maximum atomic E-state index is 12.9. The number of piperidine rings is 1. The minimum absolute atomic E-state index is 0.0208. The minimum Gasteiger partial charge on any atom is -0.454 e. The summed E-state index contributed by atoms with van der Waals surface area (Å²) in [6.07, 6.45) is 1.66. The van der Waals surface area contributed by atoms with Crippen molar-refractivity contribution in [3.05, 3.63) is 48.0 Å². The van der Waals surface area contributed by atoms with E-state index in [9.17, 15) is 4.79 Å². The zero-order valence-corrected chi connectivity index (χ0v) is 13.6. The molecular formula is C19H17N3O3. The van der Waals surface area contributed by atoms with Crippen LogP contribution < -0.4 is 19.7 Å². The van der Waals surface area contributed by atoms with Crippen molar-refractivity contribution in [1.82, 2.24) is 0 Å². The number of rotatable bonds is 3. The number of nitrogens with zero attached hydrogens (tertiary/aromatic N) is 2. The molecule has 1 atom stereocenters. The number of amides is 1. The highest BCUT2D eigenvalue weighted by atomic mass is 16.7. The van der Waals surface area contributed by atoms with Crippen LogP contribution in [0.4, 0.5) is 11.4 Å². The second kappa shape index (κ2) is 6.36. The van der Waals surface area contributed by atoms with Gasteiger partial charge in [-0.3, -0.25) is 4.79 Å². The molecular weight excluding hydrogens is 318 g/mol. The van der Waals surface area contributed by atoms with Gasteiger partial charge in [-0.15, -0.1) is 0 Å². The van der Waals surface area contributed by atoms with Crippen LogP contribution in [-0.2, 0) is 4.79 Å². The first-order valence-electron chi connectivity index (χ1n) is 8.23. The van der Waals surface area contributed by atoms with E-state index in [1.165, 1.54) is 0 Å². The number of ether oxygens (including phenoxy) is 2. The monoisotopic (exact) mass is 335 g/mol. The molecule has 1 amide bonds. The van der Waals surface area contributed by atoms with E-state index in [2.05, 4.69) is 11.4 Å². The average Bonchev–Trinajstić information content (AvgIpc) is 3.13. The number of carbonyl (C=O) groups is 1. The van der Waals surface area contributed by atoms with Gasteiger partial charge in [0, 0.05) is 12.2 Å². The van der Waals surface area contributed by atoms with Crippen LogP contribution >= 0.6 is 0 Å². The summed E-state index contributed by atoms with van der Waals surface area (Å²) in [5.41, 5.74) is 2.17. The van der Waals surface area contributed by atoms with Gasteiger partial charge in [0.2, 0.25) is 12.7 Å². The third kappa shape index (κ3) is 2.85. The lowest BCUT2D eigenvalue weighted by Gasteiger charge is -2.33. The number of benzene rings is 2. The molecule has 2 heterocycles. The van der Waals surface area contributed by atoms with Gasteiger partial charge in [0.1, 0.15) is 6.04 Å². The first-order chi connectivity index (χ1) is 12.3. The molecule has 6 nitrogen and oxygen atoms in total. The molecule has 25 heavy (non-hydrogen) atoms. The van der Waals surface area contributed by atoms with Crippen molar-refractivity contribution in [2.75, 3.05) is 23.6 Å². The van der Waals surface area contributed by atoms with E-state index in [1.807, 2.05) is 30.3 Å². The third-order valence-corrected chi connectivity index (χ3v) is 4.47. The van der Waals surface area contributed by atoms with Crippen LogP contribution in [0.2, 0.25) is 0 Å². The van der Waals surface area contributed by atoms with Crippen molar-refractivity contribution >= 4 is 17.3 Å². The fourth-order valence-corrected chi connectivity index (χ4v) is 3.21. The Morgan fingerprint density at radius 1 is 1.16 bits per heavy atom. The average molecular weight is 335 g/mol. The van der Waals surface area contributed by atoms with E-state index in [-0.39, 0.29) is 18.7 Å². The number of fused-ring (bicyclic) bond motifs is 1. The molecule has 4 rings (SSSR count). The summed E-state index contributed by atoms with van der Waals surface area (Å²) < 4.78 is 10.9. The van der Waals surface area contributed by atoms with Crippen LogP contribution in [0.1, 0.15) is 18.4 Å². The Balaban J connectivity index is 1.54. The molecule has 1 fully saturated rings. The smallest absolute Gasteiger partial charge is 0.249 e. The molecule has 1 unspecified atom stereocenters. The molecule has 2 aromatic rings. The zero-order chi connectivity index (χ0) is 17.2. The van der Waals surface area contributed by atoms with Crippen molar-refractivity contribution in [3.63, 3.8) is 0 Å². The molecule has 1 saturated heterocycles. The molecule has 2 aromatic carbocycles. The number of carbonyl (C=O) groups excluding carboxylic acids is 1. The number of anilines is 2. The molecule has 6 heteroatoms. The molecule has 2 aliphatic heterocycles. The highest BCUT2D eigenvalue weighted by molar-refractivity contribution is 5.99. The number of para-hydroxylation sites is 1. The number of hydrogen-bond donors (Lipinski definition) is 1. The van der Waals surface area contributed by atoms with Crippen LogP contribution in [0.15, 0.2) is 42.5 Å². The Hall–Kier alpha value is -3.20. The normalized spacial score (nSPS) is 18.8. The highest BCUT2D eigenvalue weighted by Gasteiger charge is 2.31. The first-order valence-corrected chi connectivity index (χ1v) is 8.23. The Morgan fingerprint density at radius 3 is 2.80 bits per heavy atom. The summed E-state index contributed by atoms with van der Waals surface area (Å²) in [5, 5.41) is 12.2. The van der Waals surface area contributed by atoms with Gasteiger partial charge in [0.15, 0.2) is 11.5 Å². The van der Waals surface area contributed by atoms with Gasteiger partial charge in [-0.1, -0.05) is 6.07 Å². The van der Waals surface area contributed by atoms with Crippen molar-refractivity contribution in [2.45, 2.75) is 18.9 Å². The fourth-order valence-electron chi connectivity index (χ4n) is 3.21. The molecule has 0 aliphatic carbocycles. The molecule has 2 aliphatic rings. The largest absolute Gasteiger partial charge is 0.454 e. The van der Waals surface area contributed by atoms with Gasteiger partial charge >= 0.3 is 0 Å². The summed E-state index contributed by atoms with van der Waals surface area (Å²) >= 11 is 0. The fraction of sp³-hybridized carbons (Fsp3) is 0.263. The number of nitrogens with one attached hydrogen (secondary N) is 1. The lowest BCUT2D eigenvalue weighted by atomic mass is 10.0. The SMILES string of the molecule is N#Cc1ccc(N2CCCC(Nc3cccc4c3OCO4)C2=O)cc1. The number of hydrogen-bond acceptors (Lipinski definition) is 5. The lowest BCUT2D eigenvalue weighted by Crippen LogP contribution is -2.47. The maximum Gasteiger partial charge on any atom is 0.249 e. The summed E-state index contributed by atoms with van der Waals surface area (Å²) in [6, 6.07) is 14.5. The Bertz CT molecular complexity index is 842. The van der Waals surface area contributed by atoms with E-state index in [1.54, 1.807) is 17.0 Å². The lowest BCUT2D eigenvalue weighted by molar-refractivity contribution is -0.120. The molecule has 0 bridgehead atoms. The summed E-state index contributed by atoms with van der Waals surface area (Å²) in [7, 11) is 0. The second-order valence-electron chi connectivity index (χ2n) is 6.03. The van der Waals surface area contributed by atoms with Crippen LogP contribution in [0.5, 0.6) is 11.5 Å². The standard InChI is InChI=1S/C19H17N3O3/c20-11-13-6-8-14(9-7-13)22-10-2-4-16(19(22)23)21-15-3-1-5-17-18(15)25-12-24-17/h1,3,5-9,16,21H,2,4,10,12H2. The van der Waals surface area contributed by atoms with Gasteiger partial charge in [-0.2, -0.15) is 5.26 Å². The van der Waals surface area contributed by atoms with Crippen molar-refractivity contribution in [3.8, 4) is 17.6 Å². The van der Waals surface area contributed by atoms with Crippen molar-refractivity contribution < 1.29 is 14.3 Å². The van der Waals surface area contributed by atoms with Crippen LogP contribution in [0.3, 0.4) is 0 Å². The summed E-state index contributed by atoms with van der Waals surface area (Å²) in [4.78, 5) is 14.7. The van der Waals surface area contributed by atoms with Crippen molar-refractivity contribution in [2.24, 2.45) is 0 Å². The van der Waals surface area contributed by atoms with E-state index in [0.29, 0.717) is 23.6 Å². The van der Waals surface area contributed by atoms with Gasteiger partial charge in [-0.25, -0.2) is 0 Å². The molecule has 0 saturated carbocycles. The van der Waals surface area contributed by atoms with Gasteiger partial charge in [0.05, 0.1) is 17.3 Å². The molecule has 1 N–H and O–H groups in total.